The molecule has 0 amide bonds. The molecule has 0 aromatic heterocycles. The van der Waals surface area contributed by atoms with Crippen LogP contribution in [0, 0.1) is 17.8 Å². The number of benzene rings is 1. The summed E-state index contributed by atoms with van der Waals surface area (Å²) in [5, 5.41) is 0. The van der Waals surface area contributed by atoms with Crippen LogP contribution < -0.4 is 0 Å². The van der Waals surface area contributed by atoms with Crippen LogP contribution in [0.15, 0.2) is 36.4 Å². The minimum absolute atomic E-state index is 0.442. The first-order chi connectivity index (χ1) is 12.0. The molecule has 0 unspecified atom stereocenters. The van der Waals surface area contributed by atoms with Crippen molar-refractivity contribution in [3.8, 4) is 0 Å². The molecule has 25 heavy (non-hydrogen) atoms. The second kappa shape index (κ2) is 7.97. The van der Waals surface area contributed by atoms with Gasteiger partial charge in [0, 0.05) is 0 Å². The smallest absolute Gasteiger partial charge is 0.166 e. The predicted molar refractivity (Wildman–Crippen MR) is 96.4 cm³/mol. The largest absolute Gasteiger partial charge is 0.416 e. The van der Waals surface area contributed by atoms with Gasteiger partial charge in [-0.05, 0) is 99.7 Å². The van der Waals surface area contributed by atoms with Crippen molar-refractivity contribution in [2.45, 2.75) is 70.4 Å². The molecule has 0 radical (unpaired) electrons. The summed E-state index contributed by atoms with van der Waals surface area (Å²) < 4.78 is 38.1. The molecule has 0 bridgehead atoms. The van der Waals surface area contributed by atoms with Gasteiger partial charge in [-0.15, -0.1) is 0 Å². The molecule has 1 aromatic rings. The normalized spacial score (nSPS) is 31.4. The van der Waals surface area contributed by atoms with Gasteiger partial charge >= 0.3 is 6.18 Å². The molecule has 2 aliphatic rings. The van der Waals surface area contributed by atoms with E-state index in [4.69, 9.17) is 0 Å². The van der Waals surface area contributed by atoms with E-state index in [2.05, 4.69) is 19.1 Å². The van der Waals surface area contributed by atoms with Gasteiger partial charge in [-0.25, -0.2) is 0 Å². The minimum atomic E-state index is -4.23. The second-order valence-electron chi connectivity index (χ2n) is 7.93. The zero-order chi connectivity index (χ0) is 17.9. The van der Waals surface area contributed by atoms with E-state index in [0.717, 1.165) is 36.2 Å². The van der Waals surface area contributed by atoms with Crippen molar-refractivity contribution < 1.29 is 13.2 Å². The Labute approximate surface area is 149 Å². The Kier molecular flexibility index (Phi) is 5.91. The van der Waals surface area contributed by atoms with Gasteiger partial charge in [-0.1, -0.05) is 24.3 Å². The molecule has 0 heterocycles. The maximum absolute atomic E-state index is 12.7. The first kappa shape index (κ1) is 18.5. The summed E-state index contributed by atoms with van der Waals surface area (Å²) in [4.78, 5) is 0. The Morgan fingerprint density at radius 1 is 0.800 bits per heavy atom. The summed E-state index contributed by atoms with van der Waals surface area (Å²) in [5.74, 6) is 2.93. The molecule has 0 nitrogen and oxygen atoms in total. The molecule has 3 heteroatoms. The van der Waals surface area contributed by atoms with Crippen LogP contribution in [0.4, 0.5) is 13.2 Å². The van der Waals surface area contributed by atoms with Gasteiger partial charge in [-0.3, -0.25) is 0 Å². The molecule has 2 saturated carbocycles. The van der Waals surface area contributed by atoms with Gasteiger partial charge in [0.05, 0.1) is 5.56 Å². The van der Waals surface area contributed by atoms with Gasteiger partial charge in [0.15, 0.2) is 0 Å². The zero-order valence-electron chi connectivity index (χ0n) is 15.1. The molecule has 0 spiro atoms. The fraction of sp³-hybridized carbons (Fsp3) is 0.636. The highest BCUT2D eigenvalue weighted by Crippen LogP contribution is 2.44. The molecule has 1 aromatic carbocycles. The van der Waals surface area contributed by atoms with Gasteiger partial charge in [0.2, 0.25) is 0 Å². The molecule has 3 rings (SSSR count). The van der Waals surface area contributed by atoms with Crippen molar-refractivity contribution in [2.75, 3.05) is 0 Å². The quantitative estimate of drug-likeness (QED) is 0.499. The number of halogens is 3. The van der Waals surface area contributed by atoms with E-state index in [-0.39, 0.29) is 0 Å². The van der Waals surface area contributed by atoms with E-state index in [1.165, 1.54) is 50.7 Å². The van der Waals surface area contributed by atoms with Crippen molar-refractivity contribution in [2.24, 2.45) is 17.8 Å². The van der Waals surface area contributed by atoms with Gasteiger partial charge in [0.25, 0.3) is 0 Å². The standard InChI is InChI=1S/C22H29F3/c1-2-3-16-4-6-17(7-5-16)18-8-10-19(11-9-18)20-12-14-21(15-13-20)22(23,24)25/h2-3,12-19H,4-11H2,1H3. The van der Waals surface area contributed by atoms with Crippen LogP contribution in [-0.4, -0.2) is 0 Å². The lowest BCUT2D eigenvalue weighted by Crippen LogP contribution is -2.25. The van der Waals surface area contributed by atoms with E-state index in [1.807, 2.05) is 0 Å². The third-order valence-electron chi connectivity index (χ3n) is 6.43. The van der Waals surface area contributed by atoms with Crippen molar-refractivity contribution in [1.82, 2.24) is 0 Å². The van der Waals surface area contributed by atoms with E-state index in [1.54, 1.807) is 12.1 Å². The van der Waals surface area contributed by atoms with E-state index in [0.29, 0.717) is 5.92 Å². The minimum Gasteiger partial charge on any atom is -0.166 e. The highest BCUT2D eigenvalue weighted by molar-refractivity contribution is 5.27. The average molecular weight is 350 g/mol. The van der Waals surface area contributed by atoms with E-state index < -0.39 is 11.7 Å². The second-order valence-corrected chi connectivity index (χ2v) is 7.93. The summed E-state index contributed by atoms with van der Waals surface area (Å²) in [7, 11) is 0. The summed E-state index contributed by atoms with van der Waals surface area (Å²) in [6, 6.07) is 5.86. The predicted octanol–water partition coefficient (Wildman–Crippen LogP) is 7.36. The fourth-order valence-electron chi connectivity index (χ4n) is 4.95. The van der Waals surface area contributed by atoms with Gasteiger partial charge < -0.3 is 0 Å². The molecular weight excluding hydrogens is 321 g/mol. The first-order valence-corrected chi connectivity index (χ1v) is 9.77. The highest BCUT2D eigenvalue weighted by Gasteiger charge is 2.32. The molecule has 138 valence electrons. The van der Waals surface area contributed by atoms with Crippen LogP contribution in [0.3, 0.4) is 0 Å². The van der Waals surface area contributed by atoms with Crippen LogP contribution in [-0.2, 0) is 6.18 Å². The van der Waals surface area contributed by atoms with Gasteiger partial charge in [0.1, 0.15) is 0 Å². The molecule has 2 aliphatic carbocycles. The summed E-state index contributed by atoms with van der Waals surface area (Å²) >= 11 is 0. The summed E-state index contributed by atoms with van der Waals surface area (Å²) in [5.41, 5.74) is 0.547. The Morgan fingerprint density at radius 3 is 1.80 bits per heavy atom. The van der Waals surface area contributed by atoms with Crippen molar-refractivity contribution in [3.05, 3.63) is 47.5 Å². The number of alkyl halides is 3. The Hall–Kier alpha value is -1.25. The van der Waals surface area contributed by atoms with E-state index >= 15 is 0 Å². The Balaban J connectivity index is 1.50. The van der Waals surface area contributed by atoms with Crippen LogP contribution in [0.5, 0.6) is 0 Å². The molecule has 0 atom stereocenters. The average Bonchev–Trinajstić information content (AvgIpc) is 2.62. The van der Waals surface area contributed by atoms with Crippen LogP contribution in [0.1, 0.15) is 75.3 Å². The number of hydrogen-bond acceptors (Lipinski definition) is 0. The summed E-state index contributed by atoms with van der Waals surface area (Å²) in [6.07, 6.45) is 10.4. The maximum atomic E-state index is 12.7. The Morgan fingerprint density at radius 2 is 1.32 bits per heavy atom. The first-order valence-electron chi connectivity index (χ1n) is 9.77. The number of hydrogen-bond donors (Lipinski definition) is 0. The fourth-order valence-corrected chi connectivity index (χ4v) is 4.95. The third kappa shape index (κ3) is 4.68. The van der Waals surface area contributed by atoms with Crippen LogP contribution in [0.2, 0.25) is 0 Å². The lowest BCUT2D eigenvalue weighted by molar-refractivity contribution is -0.137. The van der Waals surface area contributed by atoms with Crippen LogP contribution in [0.25, 0.3) is 0 Å². The maximum Gasteiger partial charge on any atom is 0.416 e. The zero-order valence-corrected chi connectivity index (χ0v) is 15.1. The van der Waals surface area contributed by atoms with Crippen molar-refractivity contribution in [1.29, 1.82) is 0 Å². The summed E-state index contributed by atoms with van der Waals surface area (Å²) in [6.45, 7) is 2.11. The highest BCUT2D eigenvalue weighted by atomic mass is 19.4. The lowest BCUT2D eigenvalue weighted by atomic mass is 9.68. The topological polar surface area (TPSA) is 0 Å². The molecule has 0 saturated heterocycles. The molecule has 0 N–H and O–H groups in total. The lowest BCUT2D eigenvalue weighted by Gasteiger charge is -2.37. The number of allylic oxidation sites excluding steroid dienone is 2. The van der Waals surface area contributed by atoms with Crippen molar-refractivity contribution in [3.63, 3.8) is 0 Å². The van der Waals surface area contributed by atoms with Crippen molar-refractivity contribution >= 4 is 0 Å². The third-order valence-corrected chi connectivity index (χ3v) is 6.43. The molecule has 2 fully saturated rings. The van der Waals surface area contributed by atoms with Crippen LogP contribution >= 0.6 is 0 Å². The monoisotopic (exact) mass is 350 g/mol. The Bertz CT molecular complexity index is 554. The number of rotatable bonds is 3. The van der Waals surface area contributed by atoms with Gasteiger partial charge in [-0.2, -0.15) is 13.2 Å². The SMILES string of the molecule is CC=CC1CCC(C2CCC(c3ccc(C(F)(F)F)cc3)CC2)CC1. The van der Waals surface area contributed by atoms with E-state index in [9.17, 15) is 13.2 Å². The molecule has 0 aliphatic heterocycles. The molecular formula is C22H29F3.